The molecule has 17 heavy (non-hydrogen) atoms. The van der Waals surface area contributed by atoms with E-state index in [1.165, 1.54) is 6.42 Å². The Labute approximate surface area is 101 Å². The highest BCUT2D eigenvalue weighted by molar-refractivity contribution is 5.04. The minimum absolute atomic E-state index is 0.330. The Bertz CT molecular complexity index is 379. The minimum Gasteiger partial charge on any atom is -0.367 e. The summed E-state index contributed by atoms with van der Waals surface area (Å²) in [6.07, 6.45) is 4.36. The Hall–Kier alpha value is -0.940. The fraction of sp³-hybridized carbons (Fsp3) is 0.833. The van der Waals surface area contributed by atoms with Crippen LogP contribution < -0.4 is 5.32 Å². The van der Waals surface area contributed by atoms with Crippen LogP contribution in [0.2, 0.25) is 0 Å². The van der Waals surface area contributed by atoms with E-state index >= 15 is 0 Å². The highest BCUT2D eigenvalue weighted by atomic mass is 16.5. The monoisotopic (exact) mass is 237 g/mol. The van der Waals surface area contributed by atoms with Crippen molar-refractivity contribution in [3.8, 4) is 0 Å². The van der Waals surface area contributed by atoms with Gasteiger partial charge in [0.2, 0.25) is 11.7 Å². The van der Waals surface area contributed by atoms with Gasteiger partial charge in [-0.3, -0.25) is 0 Å². The molecule has 2 fully saturated rings. The largest absolute Gasteiger partial charge is 0.367 e. The molecule has 1 unspecified atom stereocenters. The van der Waals surface area contributed by atoms with Gasteiger partial charge in [0.15, 0.2) is 0 Å². The van der Waals surface area contributed by atoms with Crippen molar-refractivity contribution >= 4 is 0 Å². The number of hydrogen-bond donors (Lipinski definition) is 1. The standard InChI is InChI=1S/C12H19N3O2/c1-12(5-3-7-16-12)11-14-10(17-15-11)9-4-2-6-13-8-9/h9,13H,2-8H2,1H3/t9-,12?/m0/s1. The van der Waals surface area contributed by atoms with Crippen molar-refractivity contribution in [1.82, 2.24) is 15.5 Å². The lowest BCUT2D eigenvalue weighted by molar-refractivity contribution is 0.00768. The molecule has 0 spiro atoms. The normalized spacial score (nSPS) is 34.1. The summed E-state index contributed by atoms with van der Waals surface area (Å²) in [4.78, 5) is 4.54. The van der Waals surface area contributed by atoms with Crippen molar-refractivity contribution in [2.24, 2.45) is 0 Å². The van der Waals surface area contributed by atoms with Crippen molar-refractivity contribution in [1.29, 1.82) is 0 Å². The van der Waals surface area contributed by atoms with E-state index in [0.717, 1.165) is 50.7 Å². The van der Waals surface area contributed by atoms with E-state index in [9.17, 15) is 0 Å². The first-order valence-electron chi connectivity index (χ1n) is 6.47. The van der Waals surface area contributed by atoms with Crippen LogP contribution in [0.5, 0.6) is 0 Å². The maximum absolute atomic E-state index is 5.73. The molecule has 3 rings (SSSR count). The lowest BCUT2D eigenvalue weighted by Crippen LogP contribution is -2.28. The van der Waals surface area contributed by atoms with Gasteiger partial charge < -0.3 is 14.6 Å². The molecule has 94 valence electrons. The molecule has 2 aliphatic heterocycles. The van der Waals surface area contributed by atoms with Crippen LogP contribution in [0.1, 0.15) is 50.2 Å². The fourth-order valence-electron chi connectivity index (χ4n) is 2.63. The van der Waals surface area contributed by atoms with Gasteiger partial charge in [0.05, 0.1) is 5.92 Å². The summed E-state index contributed by atoms with van der Waals surface area (Å²) in [6.45, 7) is 4.89. The van der Waals surface area contributed by atoms with Crippen molar-refractivity contribution < 1.29 is 9.26 Å². The Morgan fingerprint density at radius 1 is 1.41 bits per heavy atom. The van der Waals surface area contributed by atoms with Crippen molar-refractivity contribution in [2.45, 2.75) is 44.1 Å². The first-order valence-corrected chi connectivity index (χ1v) is 6.47. The summed E-state index contributed by atoms with van der Waals surface area (Å²) in [6, 6.07) is 0. The van der Waals surface area contributed by atoms with E-state index in [1.807, 2.05) is 6.92 Å². The SMILES string of the molecule is CC1(c2noc([C@H]3CCCNC3)n2)CCCO1. The van der Waals surface area contributed by atoms with Gasteiger partial charge in [0, 0.05) is 13.2 Å². The second-order valence-electron chi connectivity index (χ2n) is 5.18. The molecule has 0 amide bonds. The third-order valence-electron chi connectivity index (χ3n) is 3.78. The fourth-order valence-corrected chi connectivity index (χ4v) is 2.63. The number of nitrogens with one attached hydrogen (secondary N) is 1. The Morgan fingerprint density at radius 3 is 3.06 bits per heavy atom. The van der Waals surface area contributed by atoms with Crippen molar-refractivity contribution in [3.63, 3.8) is 0 Å². The van der Waals surface area contributed by atoms with Crippen LogP contribution in [0, 0.1) is 0 Å². The second-order valence-corrected chi connectivity index (χ2v) is 5.18. The lowest BCUT2D eigenvalue weighted by Gasteiger charge is -2.19. The lowest BCUT2D eigenvalue weighted by atomic mass is 9.99. The zero-order chi connectivity index (χ0) is 11.7. The van der Waals surface area contributed by atoms with E-state index in [2.05, 4.69) is 15.5 Å². The van der Waals surface area contributed by atoms with Crippen LogP contribution in [0.15, 0.2) is 4.52 Å². The molecule has 5 heteroatoms. The molecule has 3 heterocycles. The van der Waals surface area contributed by atoms with Crippen molar-refractivity contribution in [2.75, 3.05) is 19.7 Å². The number of ether oxygens (including phenoxy) is 1. The van der Waals surface area contributed by atoms with Crippen LogP contribution in [0.4, 0.5) is 0 Å². The predicted octanol–water partition coefficient (Wildman–Crippen LogP) is 1.56. The number of hydrogen-bond acceptors (Lipinski definition) is 5. The molecule has 1 aromatic rings. The molecule has 2 aliphatic rings. The molecule has 2 saturated heterocycles. The third-order valence-corrected chi connectivity index (χ3v) is 3.78. The highest BCUT2D eigenvalue weighted by Gasteiger charge is 2.37. The molecule has 1 aromatic heterocycles. The summed E-state index contributed by atoms with van der Waals surface area (Å²) >= 11 is 0. The van der Waals surface area contributed by atoms with Crippen LogP contribution in [-0.4, -0.2) is 29.8 Å². The average Bonchev–Trinajstić information content (AvgIpc) is 2.99. The molecular weight excluding hydrogens is 218 g/mol. The molecule has 0 radical (unpaired) electrons. The summed E-state index contributed by atoms with van der Waals surface area (Å²) < 4.78 is 11.1. The van der Waals surface area contributed by atoms with Gasteiger partial charge in [-0.05, 0) is 39.2 Å². The quantitative estimate of drug-likeness (QED) is 0.846. The summed E-state index contributed by atoms with van der Waals surface area (Å²) in [7, 11) is 0. The number of rotatable bonds is 2. The highest BCUT2D eigenvalue weighted by Crippen LogP contribution is 2.34. The molecule has 1 N–H and O–H groups in total. The predicted molar refractivity (Wildman–Crippen MR) is 61.7 cm³/mol. The van der Waals surface area contributed by atoms with Crippen LogP contribution in [0.3, 0.4) is 0 Å². The van der Waals surface area contributed by atoms with E-state index in [0.29, 0.717) is 5.92 Å². The van der Waals surface area contributed by atoms with Gasteiger partial charge in [-0.2, -0.15) is 4.98 Å². The maximum atomic E-state index is 5.73. The number of aromatic nitrogens is 2. The zero-order valence-electron chi connectivity index (χ0n) is 10.2. The minimum atomic E-state index is -0.330. The third kappa shape index (κ3) is 2.09. The topological polar surface area (TPSA) is 60.2 Å². The van der Waals surface area contributed by atoms with Gasteiger partial charge in [-0.1, -0.05) is 5.16 Å². The van der Waals surface area contributed by atoms with E-state index in [1.54, 1.807) is 0 Å². The average molecular weight is 237 g/mol. The molecule has 0 bridgehead atoms. The molecule has 5 nitrogen and oxygen atoms in total. The molecule has 0 aliphatic carbocycles. The van der Waals surface area contributed by atoms with Gasteiger partial charge in [-0.25, -0.2) is 0 Å². The van der Waals surface area contributed by atoms with Gasteiger partial charge in [0.25, 0.3) is 0 Å². The van der Waals surface area contributed by atoms with Crippen molar-refractivity contribution in [3.05, 3.63) is 11.7 Å². The first-order chi connectivity index (χ1) is 8.28. The van der Waals surface area contributed by atoms with Gasteiger partial charge in [-0.15, -0.1) is 0 Å². The summed E-state index contributed by atoms with van der Waals surface area (Å²) in [5.41, 5.74) is -0.330. The van der Waals surface area contributed by atoms with Gasteiger partial charge in [0.1, 0.15) is 5.60 Å². The second kappa shape index (κ2) is 4.38. The van der Waals surface area contributed by atoms with Crippen LogP contribution >= 0.6 is 0 Å². The molecule has 0 aromatic carbocycles. The molecular formula is C12H19N3O2. The van der Waals surface area contributed by atoms with E-state index in [-0.39, 0.29) is 5.60 Å². The Kier molecular flexibility index (Phi) is 2.88. The molecule has 0 saturated carbocycles. The zero-order valence-corrected chi connectivity index (χ0v) is 10.2. The van der Waals surface area contributed by atoms with E-state index < -0.39 is 0 Å². The van der Waals surface area contributed by atoms with Crippen LogP contribution in [-0.2, 0) is 10.3 Å². The van der Waals surface area contributed by atoms with Gasteiger partial charge >= 0.3 is 0 Å². The Balaban J connectivity index is 1.77. The summed E-state index contributed by atoms with van der Waals surface area (Å²) in [5, 5.41) is 7.47. The number of nitrogens with zero attached hydrogens (tertiary/aromatic N) is 2. The smallest absolute Gasteiger partial charge is 0.231 e. The van der Waals surface area contributed by atoms with E-state index in [4.69, 9.17) is 9.26 Å². The molecule has 2 atom stereocenters. The number of piperidine rings is 1. The summed E-state index contributed by atoms with van der Waals surface area (Å²) in [5.74, 6) is 1.86. The maximum Gasteiger partial charge on any atom is 0.231 e. The van der Waals surface area contributed by atoms with Crippen LogP contribution in [0.25, 0.3) is 0 Å². The first kappa shape index (κ1) is 11.2. The Morgan fingerprint density at radius 2 is 2.35 bits per heavy atom.